The molecule has 0 aliphatic heterocycles. The Hall–Kier alpha value is -3.68. The van der Waals surface area contributed by atoms with Gasteiger partial charge in [0.1, 0.15) is 0 Å². The summed E-state index contributed by atoms with van der Waals surface area (Å²) in [4.78, 5) is 16.6. The summed E-state index contributed by atoms with van der Waals surface area (Å²) in [6.07, 6.45) is 7.95. The van der Waals surface area contributed by atoms with Gasteiger partial charge in [-0.25, -0.2) is 13.2 Å². The first-order valence-corrected chi connectivity index (χ1v) is 16.0. The highest BCUT2D eigenvalue weighted by Gasteiger charge is 2.31. The van der Waals surface area contributed by atoms with Crippen molar-refractivity contribution in [3.05, 3.63) is 112 Å². The molecule has 0 fully saturated rings. The van der Waals surface area contributed by atoms with Crippen LogP contribution >= 0.6 is 11.6 Å². The predicted octanol–water partition coefficient (Wildman–Crippen LogP) is 8.32. The molecule has 1 aliphatic rings. The summed E-state index contributed by atoms with van der Waals surface area (Å²) in [5.74, 6) is 0.0290. The second-order valence-corrected chi connectivity index (χ2v) is 13.2. The highest BCUT2D eigenvalue weighted by Crippen LogP contribution is 2.39. The van der Waals surface area contributed by atoms with Gasteiger partial charge in [0.05, 0.1) is 22.4 Å². The van der Waals surface area contributed by atoms with E-state index in [1.165, 1.54) is 17.2 Å². The molecule has 3 atom stereocenters. The van der Waals surface area contributed by atoms with Gasteiger partial charge in [0, 0.05) is 29.0 Å². The van der Waals surface area contributed by atoms with Crippen LogP contribution in [0.2, 0.25) is 5.02 Å². The number of fused-ring (bicyclic) bond motifs is 1. The van der Waals surface area contributed by atoms with Gasteiger partial charge in [0.15, 0.2) is 9.84 Å². The van der Waals surface area contributed by atoms with Gasteiger partial charge in [-0.2, -0.15) is 0 Å². The van der Waals surface area contributed by atoms with Crippen LogP contribution in [0, 0.1) is 6.92 Å². The zero-order valence-electron chi connectivity index (χ0n) is 24.1. The number of benzene rings is 3. The lowest BCUT2D eigenvalue weighted by Crippen LogP contribution is -2.25. The van der Waals surface area contributed by atoms with Crippen molar-refractivity contribution in [3.8, 4) is 0 Å². The molecule has 0 heterocycles. The standard InChI is InChI=1S/C34H37ClN2O4S/c1-5-33(24(3)26-11-14-28(35)15-12-26)42(39,40)29-16-9-25(10-17-29)22-37-34(38)41-19-7-6-8-27-13-18-30-31(27)20-23(2)21-32(30)36-4/h5,9-18,20-21,24,27,33H,1,4,6-8,19,22H2,2-3H3,(H,37,38)/t24-,27?,33?/m0/s1. The Morgan fingerprint density at radius 1 is 1.12 bits per heavy atom. The number of halogens is 1. The lowest BCUT2D eigenvalue weighted by Gasteiger charge is -2.22. The van der Waals surface area contributed by atoms with Gasteiger partial charge in [-0.15, -0.1) is 6.58 Å². The molecule has 0 radical (unpaired) electrons. The maximum Gasteiger partial charge on any atom is 0.407 e. The smallest absolute Gasteiger partial charge is 0.407 e. The molecule has 1 N–H and O–H groups in total. The molecule has 1 aliphatic carbocycles. The number of aryl methyl sites for hydroxylation is 1. The second kappa shape index (κ2) is 14.0. The third-order valence-electron chi connectivity index (χ3n) is 7.71. The zero-order chi connectivity index (χ0) is 30.3. The van der Waals surface area contributed by atoms with E-state index in [1.54, 1.807) is 36.4 Å². The molecule has 0 spiro atoms. The number of hydrogen-bond acceptors (Lipinski definition) is 5. The molecule has 0 saturated carbocycles. The Bertz CT molecular complexity index is 1560. The van der Waals surface area contributed by atoms with Crippen molar-refractivity contribution in [1.82, 2.24) is 5.32 Å². The van der Waals surface area contributed by atoms with Crippen LogP contribution in [0.3, 0.4) is 0 Å². The number of rotatable bonds is 13. The van der Waals surface area contributed by atoms with Gasteiger partial charge >= 0.3 is 6.09 Å². The van der Waals surface area contributed by atoms with Gasteiger partial charge in [0.25, 0.3) is 0 Å². The topological polar surface area (TPSA) is 84.8 Å². The number of carbonyl (C=O) groups excluding carboxylic acids is 1. The number of amides is 1. The third-order valence-corrected chi connectivity index (χ3v) is 10.2. The van der Waals surface area contributed by atoms with E-state index in [2.05, 4.69) is 48.7 Å². The molecular weight excluding hydrogens is 568 g/mol. The SMILES string of the molecule is C=CC([C@@H](C)c1ccc(Cl)cc1)S(=O)(=O)c1ccc(CNC(=O)OCCCCC2C=Cc3c(N=C)cc(C)cc32)cc1. The summed E-state index contributed by atoms with van der Waals surface area (Å²) < 4.78 is 32.1. The maximum absolute atomic E-state index is 13.4. The molecule has 0 aromatic heterocycles. The van der Waals surface area contributed by atoms with Crippen LogP contribution in [0.25, 0.3) is 6.08 Å². The van der Waals surface area contributed by atoms with Gasteiger partial charge in [-0.3, -0.25) is 4.99 Å². The maximum atomic E-state index is 13.4. The largest absolute Gasteiger partial charge is 0.450 e. The highest BCUT2D eigenvalue weighted by atomic mass is 35.5. The number of nitrogens with one attached hydrogen (secondary N) is 1. The summed E-state index contributed by atoms with van der Waals surface area (Å²) in [6, 6.07) is 17.9. The summed E-state index contributed by atoms with van der Waals surface area (Å²) >= 11 is 5.98. The van der Waals surface area contributed by atoms with Crippen molar-refractivity contribution in [1.29, 1.82) is 0 Å². The molecule has 220 valence electrons. The molecular formula is C34H37ClN2O4S. The quantitative estimate of drug-likeness (QED) is 0.121. The van der Waals surface area contributed by atoms with E-state index in [4.69, 9.17) is 16.3 Å². The fourth-order valence-corrected chi connectivity index (χ4v) is 7.26. The summed E-state index contributed by atoms with van der Waals surface area (Å²) in [7, 11) is -3.68. The van der Waals surface area contributed by atoms with Crippen molar-refractivity contribution in [3.63, 3.8) is 0 Å². The highest BCUT2D eigenvalue weighted by molar-refractivity contribution is 7.92. The van der Waals surface area contributed by atoms with Crippen LogP contribution in [0.1, 0.15) is 65.8 Å². The van der Waals surface area contributed by atoms with Crippen LogP contribution in [0.15, 0.2) is 89.3 Å². The Labute approximate surface area is 254 Å². The number of aliphatic imine (C=N–C) groups is 1. The van der Waals surface area contributed by atoms with E-state index in [1.807, 2.05) is 25.1 Å². The fourth-order valence-electron chi connectivity index (χ4n) is 5.36. The minimum Gasteiger partial charge on any atom is -0.450 e. The summed E-state index contributed by atoms with van der Waals surface area (Å²) in [5.41, 5.74) is 6.15. The molecule has 0 bridgehead atoms. The molecule has 3 aromatic carbocycles. The van der Waals surface area contributed by atoms with Crippen molar-refractivity contribution >= 4 is 46.0 Å². The first kappa shape index (κ1) is 31.3. The zero-order valence-corrected chi connectivity index (χ0v) is 25.6. The Morgan fingerprint density at radius 3 is 2.50 bits per heavy atom. The molecule has 4 rings (SSSR count). The normalized spacial score (nSPS) is 15.5. The Morgan fingerprint density at radius 2 is 1.83 bits per heavy atom. The van der Waals surface area contributed by atoms with Gasteiger partial charge in [-0.05, 0) is 85.5 Å². The lowest BCUT2D eigenvalue weighted by molar-refractivity contribution is 0.143. The summed E-state index contributed by atoms with van der Waals surface area (Å²) in [5, 5.41) is 2.53. The molecule has 42 heavy (non-hydrogen) atoms. The van der Waals surface area contributed by atoms with Crippen molar-refractivity contribution in [2.24, 2.45) is 4.99 Å². The number of sulfone groups is 1. The minimum atomic E-state index is -3.68. The van der Waals surface area contributed by atoms with Gasteiger partial charge in [-0.1, -0.05) is 67.1 Å². The molecule has 3 aromatic rings. The number of unbranched alkanes of at least 4 members (excludes halogenated alkanes) is 1. The fraction of sp³-hybridized carbons (Fsp3) is 0.294. The predicted molar refractivity (Wildman–Crippen MR) is 172 cm³/mol. The minimum absolute atomic E-state index is 0.200. The number of alkyl carbamates (subject to hydrolysis) is 1. The first-order valence-electron chi connectivity index (χ1n) is 14.0. The second-order valence-electron chi connectivity index (χ2n) is 10.6. The number of allylic oxidation sites excluding steroid dienone is 1. The van der Waals surface area contributed by atoms with Crippen LogP contribution in [-0.2, 0) is 21.1 Å². The van der Waals surface area contributed by atoms with Crippen molar-refractivity contribution in [2.45, 2.75) is 61.6 Å². The molecule has 8 heteroatoms. The molecule has 6 nitrogen and oxygen atoms in total. The van der Waals surface area contributed by atoms with Gasteiger partial charge < -0.3 is 10.1 Å². The number of nitrogens with zero attached hydrogens (tertiary/aromatic N) is 1. The van der Waals surface area contributed by atoms with Crippen LogP contribution in [0.4, 0.5) is 10.5 Å². The van der Waals surface area contributed by atoms with Crippen molar-refractivity contribution < 1.29 is 17.9 Å². The van der Waals surface area contributed by atoms with Crippen LogP contribution < -0.4 is 5.32 Å². The summed E-state index contributed by atoms with van der Waals surface area (Å²) in [6.45, 7) is 11.9. The monoisotopic (exact) mass is 604 g/mol. The Balaban J connectivity index is 1.22. The van der Waals surface area contributed by atoms with Gasteiger partial charge in [0.2, 0.25) is 0 Å². The van der Waals surface area contributed by atoms with E-state index in [0.29, 0.717) is 17.5 Å². The van der Waals surface area contributed by atoms with Crippen LogP contribution in [-0.4, -0.2) is 33.1 Å². The molecule has 2 unspecified atom stereocenters. The van der Waals surface area contributed by atoms with E-state index in [0.717, 1.165) is 41.6 Å². The lowest BCUT2D eigenvalue weighted by atomic mass is 9.93. The van der Waals surface area contributed by atoms with E-state index < -0.39 is 21.2 Å². The van der Waals surface area contributed by atoms with Crippen LogP contribution in [0.5, 0.6) is 0 Å². The third kappa shape index (κ3) is 7.39. The Kier molecular flexibility index (Phi) is 10.4. The first-order chi connectivity index (χ1) is 20.1. The average molecular weight is 605 g/mol. The number of hydrogen-bond donors (Lipinski definition) is 1. The molecule has 0 saturated heterocycles. The average Bonchev–Trinajstić information content (AvgIpc) is 3.38. The molecule has 1 amide bonds. The number of ether oxygens (including phenoxy) is 1. The number of carbonyl (C=O) groups is 1. The van der Waals surface area contributed by atoms with Crippen molar-refractivity contribution in [2.75, 3.05) is 6.61 Å². The van der Waals surface area contributed by atoms with E-state index >= 15 is 0 Å². The van der Waals surface area contributed by atoms with E-state index in [-0.39, 0.29) is 17.4 Å². The van der Waals surface area contributed by atoms with E-state index in [9.17, 15) is 13.2 Å².